The molecule has 0 saturated carbocycles. The smallest absolute Gasteiger partial charge is 0.430 e. The first-order valence-electron chi connectivity index (χ1n) is 10.2. The molecule has 0 aromatic heterocycles. The average molecular weight is 468 g/mol. The number of allylic oxidation sites excluding steroid dienone is 1. The van der Waals surface area contributed by atoms with Crippen LogP contribution in [0.5, 0.6) is 5.75 Å². The molecule has 6 nitrogen and oxygen atoms in total. The number of aromatic hydroxyl groups is 1. The summed E-state index contributed by atoms with van der Waals surface area (Å²) in [5.41, 5.74) is 11.8. The zero-order chi connectivity index (χ0) is 24.7. The number of halogens is 3. The molecule has 0 atom stereocenters. The molecule has 9 heteroatoms. The maximum absolute atomic E-state index is 13.0. The number of hydrogen-bond acceptors (Lipinski definition) is 5. The predicted octanol–water partition coefficient (Wildman–Crippen LogP) is 4.56. The lowest BCUT2D eigenvalue weighted by molar-refractivity contribution is -0.110. The van der Waals surface area contributed by atoms with E-state index in [1.54, 1.807) is 60.7 Å². The first kappa shape index (κ1) is 24.5. The van der Waals surface area contributed by atoms with Crippen LogP contribution in [0, 0.1) is 0 Å². The summed E-state index contributed by atoms with van der Waals surface area (Å²) in [6, 6.07) is 20.0. The van der Waals surface area contributed by atoms with E-state index in [1.165, 1.54) is 0 Å². The Labute approximate surface area is 194 Å². The molecule has 34 heavy (non-hydrogen) atoms. The number of carbonyl (C=O) groups excluding carboxylic acids is 1. The van der Waals surface area contributed by atoms with Crippen molar-refractivity contribution < 1.29 is 23.1 Å². The third-order valence-electron chi connectivity index (χ3n) is 4.75. The van der Waals surface area contributed by atoms with E-state index >= 15 is 0 Å². The van der Waals surface area contributed by atoms with Crippen LogP contribution in [0.15, 0.2) is 89.6 Å². The van der Waals surface area contributed by atoms with Gasteiger partial charge >= 0.3 is 6.18 Å². The number of rotatable bonds is 7. The molecule has 0 spiro atoms. The second kappa shape index (κ2) is 10.7. The van der Waals surface area contributed by atoms with Crippen LogP contribution in [-0.4, -0.2) is 22.9 Å². The van der Waals surface area contributed by atoms with Gasteiger partial charge in [0.25, 0.3) is 5.91 Å². The summed E-state index contributed by atoms with van der Waals surface area (Å²) in [7, 11) is 0. The Hall–Kier alpha value is -4.11. The Morgan fingerprint density at radius 2 is 1.62 bits per heavy atom. The van der Waals surface area contributed by atoms with E-state index in [1.807, 2.05) is 12.1 Å². The summed E-state index contributed by atoms with van der Waals surface area (Å²) < 4.78 is 39.1. The van der Waals surface area contributed by atoms with E-state index < -0.39 is 23.5 Å². The molecule has 3 aromatic rings. The summed E-state index contributed by atoms with van der Waals surface area (Å²) in [6.45, 7) is 0.206. The van der Waals surface area contributed by atoms with Gasteiger partial charge in [0.1, 0.15) is 17.2 Å². The second-order valence-corrected chi connectivity index (χ2v) is 7.47. The van der Waals surface area contributed by atoms with Gasteiger partial charge in [-0.1, -0.05) is 36.4 Å². The van der Waals surface area contributed by atoms with Crippen LogP contribution in [0.3, 0.4) is 0 Å². The largest absolute Gasteiger partial charge is 0.508 e. The van der Waals surface area contributed by atoms with E-state index in [0.717, 1.165) is 11.1 Å². The van der Waals surface area contributed by atoms with Crippen molar-refractivity contribution in [1.29, 1.82) is 0 Å². The number of amides is 1. The molecule has 3 aromatic carbocycles. The number of phenols is 1. The highest BCUT2D eigenvalue weighted by atomic mass is 19.4. The predicted molar refractivity (Wildman–Crippen MR) is 126 cm³/mol. The first-order valence-corrected chi connectivity index (χ1v) is 10.2. The molecule has 0 unspecified atom stereocenters. The van der Waals surface area contributed by atoms with E-state index in [9.17, 15) is 23.1 Å². The average Bonchev–Trinajstić information content (AvgIpc) is 2.78. The summed E-state index contributed by atoms with van der Waals surface area (Å²) in [5.74, 6) is -0.726. The minimum absolute atomic E-state index is 0.135. The molecule has 0 aliphatic carbocycles. The van der Waals surface area contributed by atoms with E-state index in [-0.39, 0.29) is 18.0 Å². The number of phenolic OH excluding ortho intramolecular Hbond substituents is 1. The summed E-state index contributed by atoms with van der Waals surface area (Å²) in [5, 5.41) is 12.2. The van der Waals surface area contributed by atoms with Crippen molar-refractivity contribution in [3.05, 3.63) is 101 Å². The van der Waals surface area contributed by atoms with Crippen molar-refractivity contribution >= 4 is 23.0 Å². The van der Waals surface area contributed by atoms with Crippen LogP contribution in [0.25, 0.3) is 0 Å². The molecule has 0 aliphatic rings. The standard InChI is InChI=1S/C25H23F3N4O2/c26-25(27,28)23(30)14-22(31-19-7-2-6-18(12-19)15-29)24(34)32-20-8-1-4-16(11-20)10-17-5-3-9-21(33)13-17/h1-9,11-14,33H,10,15,29-30H2,(H,32,34)/b23-14-,31-22?. The topological polar surface area (TPSA) is 114 Å². The molecule has 0 fully saturated rings. The fourth-order valence-electron chi connectivity index (χ4n) is 3.13. The van der Waals surface area contributed by atoms with Crippen molar-refractivity contribution in [2.75, 3.05) is 5.32 Å². The maximum atomic E-state index is 13.0. The third kappa shape index (κ3) is 6.94. The van der Waals surface area contributed by atoms with Gasteiger partial charge in [0, 0.05) is 12.2 Å². The number of anilines is 1. The molecule has 0 radical (unpaired) electrons. The summed E-state index contributed by atoms with van der Waals surface area (Å²) in [4.78, 5) is 17.0. The molecule has 0 saturated heterocycles. The number of nitrogens with two attached hydrogens (primary N) is 2. The van der Waals surface area contributed by atoms with Gasteiger partial charge in [0.15, 0.2) is 0 Å². The highest BCUT2D eigenvalue weighted by Crippen LogP contribution is 2.23. The van der Waals surface area contributed by atoms with Gasteiger partial charge in [0.05, 0.1) is 5.69 Å². The zero-order valence-electron chi connectivity index (χ0n) is 18.0. The van der Waals surface area contributed by atoms with Crippen molar-refractivity contribution in [1.82, 2.24) is 0 Å². The van der Waals surface area contributed by atoms with Gasteiger partial charge in [0.2, 0.25) is 0 Å². The maximum Gasteiger partial charge on any atom is 0.430 e. The normalized spacial score (nSPS) is 12.5. The number of aliphatic imine (C=N–C) groups is 1. The minimum Gasteiger partial charge on any atom is -0.508 e. The number of nitrogens with one attached hydrogen (secondary N) is 1. The molecular formula is C25H23F3N4O2. The number of benzene rings is 3. The Balaban J connectivity index is 1.88. The van der Waals surface area contributed by atoms with E-state index in [0.29, 0.717) is 23.7 Å². The number of hydrogen-bond donors (Lipinski definition) is 4. The second-order valence-electron chi connectivity index (χ2n) is 7.47. The molecule has 0 heterocycles. The van der Waals surface area contributed by atoms with Crippen molar-refractivity contribution in [2.24, 2.45) is 16.5 Å². The lowest BCUT2D eigenvalue weighted by Gasteiger charge is -2.10. The van der Waals surface area contributed by atoms with E-state index in [2.05, 4.69) is 10.3 Å². The van der Waals surface area contributed by atoms with Gasteiger partial charge in [-0.15, -0.1) is 0 Å². The van der Waals surface area contributed by atoms with Crippen LogP contribution in [-0.2, 0) is 17.8 Å². The number of alkyl halides is 3. The minimum atomic E-state index is -4.82. The SMILES string of the molecule is NCc1cccc(N=C(/C=C(\N)C(F)(F)F)C(=O)Nc2cccc(Cc3cccc(O)c3)c2)c1. The van der Waals surface area contributed by atoms with Gasteiger partial charge in [-0.25, -0.2) is 4.99 Å². The van der Waals surface area contributed by atoms with Crippen LogP contribution in [0.1, 0.15) is 16.7 Å². The number of nitrogens with zero attached hydrogens (tertiary/aromatic N) is 1. The fourth-order valence-corrected chi connectivity index (χ4v) is 3.13. The van der Waals surface area contributed by atoms with Crippen LogP contribution < -0.4 is 16.8 Å². The van der Waals surface area contributed by atoms with Gasteiger partial charge in [-0.2, -0.15) is 13.2 Å². The van der Waals surface area contributed by atoms with Gasteiger partial charge < -0.3 is 21.9 Å². The summed E-state index contributed by atoms with van der Waals surface area (Å²) in [6.07, 6.45) is -3.84. The van der Waals surface area contributed by atoms with Crippen molar-refractivity contribution in [2.45, 2.75) is 19.1 Å². The molecule has 1 amide bonds. The Morgan fingerprint density at radius 3 is 2.29 bits per heavy atom. The summed E-state index contributed by atoms with van der Waals surface area (Å²) >= 11 is 0. The van der Waals surface area contributed by atoms with Gasteiger partial charge in [-0.05, 0) is 65.6 Å². The van der Waals surface area contributed by atoms with Crippen LogP contribution >= 0.6 is 0 Å². The highest BCUT2D eigenvalue weighted by Gasteiger charge is 2.32. The monoisotopic (exact) mass is 468 g/mol. The quantitative estimate of drug-likeness (QED) is 0.381. The Morgan fingerprint density at radius 1 is 0.971 bits per heavy atom. The lowest BCUT2D eigenvalue weighted by Crippen LogP contribution is -2.26. The lowest BCUT2D eigenvalue weighted by atomic mass is 10.0. The Kier molecular flexibility index (Phi) is 7.70. The zero-order valence-corrected chi connectivity index (χ0v) is 18.0. The molecular weight excluding hydrogens is 445 g/mol. The Bertz CT molecular complexity index is 1240. The molecule has 0 aliphatic heterocycles. The molecule has 6 N–H and O–H groups in total. The van der Waals surface area contributed by atoms with Gasteiger partial charge in [-0.3, -0.25) is 4.79 Å². The van der Waals surface area contributed by atoms with E-state index in [4.69, 9.17) is 11.5 Å². The highest BCUT2D eigenvalue weighted by molar-refractivity contribution is 6.47. The first-order chi connectivity index (χ1) is 16.1. The third-order valence-corrected chi connectivity index (χ3v) is 4.75. The number of carbonyl (C=O) groups is 1. The molecule has 3 rings (SSSR count). The fraction of sp³-hybridized carbons (Fsp3) is 0.120. The van der Waals surface area contributed by atoms with Crippen LogP contribution in [0.4, 0.5) is 24.5 Å². The van der Waals surface area contributed by atoms with Crippen molar-refractivity contribution in [3.8, 4) is 5.75 Å². The molecule has 0 bridgehead atoms. The van der Waals surface area contributed by atoms with Crippen molar-refractivity contribution in [3.63, 3.8) is 0 Å². The molecule has 176 valence electrons. The van der Waals surface area contributed by atoms with Crippen LogP contribution in [0.2, 0.25) is 0 Å².